The van der Waals surface area contributed by atoms with Crippen LogP contribution in [0.15, 0.2) is 48.5 Å². The van der Waals surface area contributed by atoms with Crippen molar-refractivity contribution in [1.82, 2.24) is 0 Å². The Labute approximate surface area is 132 Å². The molecular formula is C17H14FNO4. The number of carbonyl (C=O) groups excluding carboxylic acids is 3. The Morgan fingerprint density at radius 3 is 2.43 bits per heavy atom. The molecule has 2 aromatic carbocycles. The van der Waals surface area contributed by atoms with Crippen LogP contribution in [0, 0.1) is 5.82 Å². The van der Waals surface area contributed by atoms with E-state index in [0.717, 1.165) is 6.07 Å². The maximum atomic E-state index is 13.0. The molecule has 0 fully saturated rings. The van der Waals surface area contributed by atoms with Crippen LogP contribution in [0.5, 0.6) is 0 Å². The number of rotatable bonds is 5. The molecule has 5 nitrogen and oxygen atoms in total. The number of halogens is 1. The maximum Gasteiger partial charge on any atom is 0.338 e. The molecule has 0 spiro atoms. The summed E-state index contributed by atoms with van der Waals surface area (Å²) in [6.45, 7) is 0.872. The first-order valence-corrected chi connectivity index (χ1v) is 6.79. The average molecular weight is 315 g/mol. The molecule has 0 bridgehead atoms. The Morgan fingerprint density at radius 1 is 1.04 bits per heavy atom. The van der Waals surface area contributed by atoms with Crippen molar-refractivity contribution in [2.24, 2.45) is 0 Å². The molecule has 2 aromatic rings. The summed E-state index contributed by atoms with van der Waals surface area (Å²) >= 11 is 0. The van der Waals surface area contributed by atoms with Crippen LogP contribution in [0.3, 0.4) is 0 Å². The van der Waals surface area contributed by atoms with E-state index in [0.29, 0.717) is 5.56 Å². The van der Waals surface area contributed by atoms with Crippen molar-refractivity contribution in [1.29, 1.82) is 0 Å². The summed E-state index contributed by atoms with van der Waals surface area (Å²) in [5, 5.41) is 2.41. The molecule has 23 heavy (non-hydrogen) atoms. The van der Waals surface area contributed by atoms with Gasteiger partial charge in [0, 0.05) is 11.3 Å². The number of hydrogen-bond acceptors (Lipinski definition) is 4. The highest BCUT2D eigenvalue weighted by Crippen LogP contribution is 2.10. The highest BCUT2D eigenvalue weighted by atomic mass is 19.1. The SMILES string of the molecule is CC(=O)c1cccc(C(=O)OCC(=O)Nc2cccc(F)c2)c1. The van der Waals surface area contributed by atoms with Gasteiger partial charge < -0.3 is 10.1 Å². The highest BCUT2D eigenvalue weighted by molar-refractivity contribution is 5.99. The summed E-state index contributed by atoms with van der Waals surface area (Å²) in [6, 6.07) is 11.4. The van der Waals surface area contributed by atoms with Crippen LogP contribution >= 0.6 is 0 Å². The molecule has 0 aliphatic heterocycles. The van der Waals surface area contributed by atoms with Gasteiger partial charge in [-0.05, 0) is 37.3 Å². The van der Waals surface area contributed by atoms with Gasteiger partial charge in [0.2, 0.25) is 0 Å². The van der Waals surface area contributed by atoms with Crippen molar-refractivity contribution in [2.45, 2.75) is 6.92 Å². The van der Waals surface area contributed by atoms with Gasteiger partial charge in [-0.2, -0.15) is 0 Å². The lowest BCUT2D eigenvalue weighted by Gasteiger charge is -2.07. The van der Waals surface area contributed by atoms with Crippen molar-refractivity contribution in [3.8, 4) is 0 Å². The number of benzene rings is 2. The Morgan fingerprint density at radius 2 is 1.74 bits per heavy atom. The van der Waals surface area contributed by atoms with Gasteiger partial charge in [-0.25, -0.2) is 9.18 Å². The molecule has 0 heterocycles. The molecule has 118 valence electrons. The van der Waals surface area contributed by atoms with E-state index in [1.807, 2.05) is 0 Å². The fourth-order valence-electron chi connectivity index (χ4n) is 1.84. The van der Waals surface area contributed by atoms with Crippen LogP contribution in [0.1, 0.15) is 27.6 Å². The number of ketones is 1. The van der Waals surface area contributed by atoms with Crippen molar-refractivity contribution in [2.75, 3.05) is 11.9 Å². The summed E-state index contributed by atoms with van der Waals surface area (Å²) in [4.78, 5) is 34.8. The number of amides is 1. The summed E-state index contributed by atoms with van der Waals surface area (Å²) in [7, 11) is 0. The zero-order chi connectivity index (χ0) is 16.8. The minimum absolute atomic E-state index is 0.177. The Hall–Kier alpha value is -3.02. The molecule has 0 saturated carbocycles. The predicted molar refractivity (Wildman–Crippen MR) is 81.8 cm³/mol. The van der Waals surface area contributed by atoms with Gasteiger partial charge >= 0.3 is 5.97 Å². The second kappa shape index (κ2) is 7.31. The molecule has 2 rings (SSSR count). The topological polar surface area (TPSA) is 72.5 Å². The normalized spacial score (nSPS) is 10.0. The van der Waals surface area contributed by atoms with Gasteiger partial charge in [-0.15, -0.1) is 0 Å². The lowest BCUT2D eigenvalue weighted by Crippen LogP contribution is -2.21. The number of nitrogens with one attached hydrogen (secondary N) is 1. The quantitative estimate of drug-likeness (QED) is 0.680. The van der Waals surface area contributed by atoms with E-state index >= 15 is 0 Å². The molecule has 0 unspecified atom stereocenters. The zero-order valence-corrected chi connectivity index (χ0v) is 12.3. The van der Waals surface area contributed by atoms with Gasteiger partial charge in [-0.1, -0.05) is 18.2 Å². The minimum Gasteiger partial charge on any atom is -0.452 e. The van der Waals surface area contributed by atoms with E-state index in [9.17, 15) is 18.8 Å². The number of esters is 1. The van der Waals surface area contributed by atoms with E-state index in [4.69, 9.17) is 4.74 Å². The first-order chi connectivity index (χ1) is 11.0. The van der Waals surface area contributed by atoms with Crippen LogP contribution in [-0.2, 0) is 9.53 Å². The number of carbonyl (C=O) groups is 3. The zero-order valence-electron chi connectivity index (χ0n) is 12.3. The Balaban J connectivity index is 1.92. The number of hydrogen-bond donors (Lipinski definition) is 1. The molecule has 6 heteroatoms. The van der Waals surface area contributed by atoms with Crippen LogP contribution in [0.25, 0.3) is 0 Å². The predicted octanol–water partition coefficient (Wildman–Crippen LogP) is 2.82. The van der Waals surface area contributed by atoms with Gasteiger partial charge in [0.15, 0.2) is 12.4 Å². The molecule has 0 aromatic heterocycles. The minimum atomic E-state index is -0.720. The standard InChI is InChI=1S/C17H14FNO4/c1-11(20)12-4-2-5-13(8-12)17(22)23-10-16(21)19-15-7-3-6-14(18)9-15/h2-9H,10H2,1H3,(H,19,21). The van der Waals surface area contributed by atoms with E-state index in [1.54, 1.807) is 12.1 Å². The largest absolute Gasteiger partial charge is 0.452 e. The molecule has 0 aliphatic rings. The summed E-state index contributed by atoms with van der Waals surface area (Å²) in [5.41, 5.74) is 0.824. The third kappa shape index (κ3) is 4.74. The smallest absolute Gasteiger partial charge is 0.338 e. The maximum absolute atomic E-state index is 13.0. The van der Waals surface area contributed by atoms with Crippen LogP contribution in [0.4, 0.5) is 10.1 Å². The summed E-state index contributed by atoms with van der Waals surface area (Å²) in [6.07, 6.45) is 0. The fraction of sp³-hybridized carbons (Fsp3) is 0.118. The lowest BCUT2D eigenvalue weighted by atomic mass is 10.1. The van der Waals surface area contributed by atoms with E-state index in [-0.39, 0.29) is 17.0 Å². The van der Waals surface area contributed by atoms with Crippen molar-refractivity contribution < 1.29 is 23.5 Å². The van der Waals surface area contributed by atoms with Crippen molar-refractivity contribution in [3.63, 3.8) is 0 Å². The lowest BCUT2D eigenvalue weighted by molar-refractivity contribution is -0.119. The first kappa shape index (κ1) is 16.4. The molecule has 0 atom stereocenters. The van der Waals surface area contributed by atoms with Gasteiger partial charge in [-0.3, -0.25) is 9.59 Å². The number of anilines is 1. The fourth-order valence-corrected chi connectivity index (χ4v) is 1.84. The van der Waals surface area contributed by atoms with Crippen LogP contribution in [-0.4, -0.2) is 24.3 Å². The molecular weight excluding hydrogens is 301 g/mol. The van der Waals surface area contributed by atoms with Crippen molar-refractivity contribution in [3.05, 3.63) is 65.5 Å². The molecule has 1 N–H and O–H groups in total. The monoisotopic (exact) mass is 315 g/mol. The van der Waals surface area contributed by atoms with Gasteiger partial charge in [0.1, 0.15) is 5.82 Å². The van der Waals surface area contributed by atoms with Crippen molar-refractivity contribution >= 4 is 23.3 Å². The Kier molecular flexibility index (Phi) is 5.19. The molecule has 0 radical (unpaired) electrons. The van der Waals surface area contributed by atoms with Crippen LogP contribution < -0.4 is 5.32 Å². The third-order valence-corrected chi connectivity index (χ3v) is 2.95. The summed E-state index contributed by atoms with van der Waals surface area (Å²) in [5.74, 6) is -1.97. The summed E-state index contributed by atoms with van der Waals surface area (Å²) < 4.78 is 17.9. The van der Waals surface area contributed by atoms with Gasteiger partial charge in [0.25, 0.3) is 5.91 Å². The number of ether oxygens (including phenoxy) is 1. The second-order valence-electron chi connectivity index (χ2n) is 4.77. The number of Topliss-reactive ketones (excluding diaryl/α,β-unsaturated/α-hetero) is 1. The van der Waals surface area contributed by atoms with E-state index < -0.39 is 24.3 Å². The van der Waals surface area contributed by atoms with Gasteiger partial charge in [0.05, 0.1) is 5.56 Å². The third-order valence-electron chi connectivity index (χ3n) is 2.95. The highest BCUT2D eigenvalue weighted by Gasteiger charge is 2.12. The molecule has 0 aliphatic carbocycles. The average Bonchev–Trinajstić information content (AvgIpc) is 2.52. The molecule has 0 saturated heterocycles. The van der Waals surface area contributed by atoms with E-state index in [2.05, 4.69) is 5.32 Å². The second-order valence-corrected chi connectivity index (χ2v) is 4.77. The molecule has 1 amide bonds. The van der Waals surface area contributed by atoms with E-state index in [1.165, 1.54) is 37.3 Å². The van der Waals surface area contributed by atoms with Crippen LogP contribution in [0.2, 0.25) is 0 Å². The Bertz CT molecular complexity index is 758. The first-order valence-electron chi connectivity index (χ1n) is 6.79.